The normalized spacial score (nSPS) is 11.3. The molecule has 3 aromatic carbocycles. The van der Waals surface area contributed by atoms with Crippen molar-refractivity contribution < 1.29 is 29.2 Å². The molecule has 0 fully saturated rings. The van der Waals surface area contributed by atoms with E-state index >= 15 is 0 Å². The van der Waals surface area contributed by atoms with Crippen LogP contribution in [0.3, 0.4) is 0 Å². The van der Waals surface area contributed by atoms with Crippen LogP contribution in [-0.2, 0) is 6.42 Å². The number of aryl methyl sites for hydroxylation is 1. The highest BCUT2D eigenvalue weighted by Crippen LogP contribution is 2.28. The average Bonchev–Trinajstić information content (AvgIpc) is 3.42. The van der Waals surface area contributed by atoms with Crippen LogP contribution in [-0.4, -0.2) is 66.4 Å². The Morgan fingerprint density at radius 3 is 2.49 bits per heavy atom. The largest absolute Gasteiger partial charge is 0.493 e. The van der Waals surface area contributed by atoms with Crippen molar-refractivity contribution in [2.24, 2.45) is 0 Å². The van der Waals surface area contributed by atoms with Gasteiger partial charge in [0.05, 0.1) is 36.9 Å². The van der Waals surface area contributed by atoms with E-state index in [2.05, 4.69) is 15.5 Å². The van der Waals surface area contributed by atoms with Gasteiger partial charge in [0.1, 0.15) is 18.5 Å². The predicted octanol–water partition coefficient (Wildman–Crippen LogP) is 3.93. The second kappa shape index (κ2) is 14.5. The molecule has 0 amide bonds. The monoisotopic (exact) mass is 507 g/mol. The van der Waals surface area contributed by atoms with Crippen LogP contribution in [0.15, 0.2) is 72.9 Å². The molecule has 4 aromatic rings. The fourth-order valence-electron chi connectivity index (χ4n) is 3.61. The van der Waals surface area contributed by atoms with Crippen LogP contribution in [0.4, 0.5) is 0 Å². The van der Waals surface area contributed by atoms with E-state index in [1.54, 1.807) is 50.7 Å². The molecule has 37 heavy (non-hydrogen) atoms. The van der Waals surface area contributed by atoms with E-state index in [0.29, 0.717) is 12.1 Å². The highest BCUT2D eigenvalue weighted by Gasteiger charge is 2.09. The maximum Gasteiger partial charge on any atom is 0.335 e. The number of aromatic nitrogens is 2. The van der Waals surface area contributed by atoms with Crippen LogP contribution in [0.2, 0.25) is 0 Å². The number of hydrogen-bond donors (Lipinski definition) is 4. The van der Waals surface area contributed by atoms with Gasteiger partial charge in [-0.3, -0.25) is 5.10 Å². The number of aliphatic hydroxyl groups excluding tert-OH is 1. The van der Waals surface area contributed by atoms with Gasteiger partial charge in [-0.25, -0.2) is 4.79 Å². The minimum absolute atomic E-state index is 0.229. The van der Waals surface area contributed by atoms with Gasteiger partial charge in [-0.05, 0) is 61.3 Å². The third-order valence-electron chi connectivity index (χ3n) is 5.54. The number of fused-ring (bicyclic) bond motifs is 1. The van der Waals surface area contributed by atoms with Crippen molar-refractivity contribution in [2.45, 2.75) is 18.9 Å². The van der Waals surface area contributed by atoms with E-state index < -0.39 is 12.1 Å². The fourth-order valence-corrected chi connectivity index (χ4v) is 3.61. The topological polar surface area (TPSA) is 126 Å². The predicted molar refractivity (Wildman–Crippen MR) is 142 cm³/mol. The Hall–Kier alpha value is -4.08. The number of nitrogens with one attached hydrogen (secondary N) is 2. The zero-order chi connectivity index (χ0) is 26.5. The molecule has 1 unspecified atom stereocenters. The van der Waals surface area contributed by atoms with Gasteiger partial charge < -0.3 is 29.7 Å². The molecule has 0 saturated carbocycles. The number of carboxylic acids is 1. The maximum absolute atomic E-state index is 10.2. The molecule has 9 nitrogen and oxygen atoms in total. The molecule has 1 heterocycles. The number of hydrogen-bond acceptors (Lipinski definition) is 7. The summed E-state index contributed by atoms with van der Waals surface area (Å²) >= 11 is 0. The lowest BCUT2D eigenvalue weighted by Crippen LogP contribution is -2.32. The van der Waals surface area contributed by atoms with Gasteiger partial charge in [0.25, 0.3) is 0 Å². The number of aromatic carboxylic acids is 1. The lowest BCUT2D eigenvalue weighted by Gasteiger charge is -2.14. The number of H-pyrrole nitrogens is 1. The zero-order valence-corrected chi connectivity index (χ0v) is 21.0. The molecule has 4 rings (SSSR count). The number of carbonyl (C=O) groups is 1. The number of carboxylic acid groups (broad SMARTS) is 1. The molecule has 0 aliphatic rings. The molecule has 0 aliphatic carbocycles. The number of rotatable bonds is 12. The Morgan fingerprint density at radius 1 is 1.00 bits per heavy atom. The zero-order valence-electron chi connectivity index (χ0n) is 21.0. The molecule has 1 aromatic heterocycles. The van der Waals surface area contributed by atoms with E-state index in [1.165, 1.54) is 5.56 Å². The number of aliphatic hydroxyl groups is 1. The van der Waals surface area contributed by atoms with E-state index in [4.69, 9.17) is 19.3 Å². The van der Waals surface area contributed by atoms with Gasteiger partial charge in [-0.2, -0.15) is 5.10 Å². The molecule has 1 atom stereocenters. The number of ether oxygens (including phenoxy) is 3. The van der Waals surface area contributed by atoms with E-state index in [0.717, 1.165) is 47.5 Å². The van der Waals surface area contributed by atoms with Crippen molar-refractivity contribution in [3.8, 4) is 17.2 Å². The van der Waals surface area contributed by atoms with Gasteiger partial charge in [0.2, 0.25) is 0 Å². The third kappa shape index (κ3) is 8.52. The van der Waals surface area contributed by atoms with Crippen molar-refractivity contribution in [2.75, 3.05) is 33.9 Å². The minimum Gasteiger partial charge on any atom is -0.493 e. The Labute approximate surface area is 216 Å². The first-order chi connectivity index (χ1) is 18.0. The number of aromatic amines is 1. The SMILES string of the molecule is COc1ccc(CCCNCC(O)COc2cccc3[nH]ncc23)cc1OC.O=C(O)c1ccccc1. The number of benzene rings is 3. The molecule has 4 N–H and O–H groups in total. The Kier molecular flexibility index (Phi) is 10.8. The number of methoxy groups -OCH3 is 2. The van der Waals surface area contributed by atoms with Crippen LogP contribution >= 0.6 is 0 Å². The molecule has 0 spiro atoms. The molecule has 0 aliphatic heterocycles. The quantitative estimate of drug-likeness (QED) is 0.213. The molecule has 0 radical (unpaired) electrons. The summed E-state index contributed by atoms with van der Waals surface area (Å²) in [5.74, 6) is 1.32. The van der Waals surface area contributed by atoms with Crippen molar-refractivity contribution in [1.82, 2.24) is 15.5 Å². The summed E-state index contributed by atoms with van der Waals surface area (Å²) in [6.07, 6.45) is 3.02. The second-order valence-electron chi connectivity index (χ2n) is 8.22. The van der Waals surface area contributed by atoms with Crippen molar-refractivity contribution in [1.29, 1.82) is 0 Å². The highest BCUT2D eigenvalue weighted by atomic mass is 16.5. The van der Waals surface area contributed by atoms with Gasteiger partial charge >= 0.3 is 5.97 Å². The lowest BCUT2D eigenvalue weighted by atomic mass is 10.1. The smallest absolute Gasteiger partial charge is 0.335 e. The van der Waals surface area contributed by atoms with E-state index in [1.807, 2.05) is 36.4 Å². The summed E-state index contributed by atoms with van der Waals surface area (Å²) in [5.41, 5.74) is 2.44. The standard InChI is InChI=1S/C21H27N3O4.C7H6O2/c1-26-20-9-8-15(11-21(20)27-2)5-4-10-22-12-16(25)14-28-19-7-3-6-18-17(19)13-23-24-18;8-7(9)6-4-2-1-3-5-6/h3,6-9,11,13,16,22,25H,4-5,10,12,14H2,1-2H3,(H,23,24);1-5H,(H,8,9). The second-order valence-corrected chi connectivity index (χ2v) is 8.22. The summed E-state index contributed by atoms with van der Waals surface area (Å²) in [6, 6.07) is 20.0. The summed E-state index contributed by atoms with van der Waals surface area (Å²) in [6.45, 7) is 1.52. The Morgan fingerprint density at radius 2 is 1.78 bits per heavy atom. The van der Waals surface area contributed by atoms with Crippen molar-refractivity contribution in [3.05, 3.63) is 84.1 Å². The molecule has 196 valence electrons. The molecular weight excluding hydrogens is 474 g/mol. The number of nitrogens with zero attached hydrogens (tertiary/aromatic N) is 1. The highest BCUT2D eigenvalue weighted by molar-refractivity contribution is 5.87. The first-order valence-electron chi connectivity index (χ1n) is 11.9. The van der Waals surface area contributed by atoms with Crippen LogP contribution in [0.1, 0.15) is 22.3 Å². The average molecular weight is 508 g/mol. The Balaban J connectivity index is 0.000000356. The lowest BCUT2D eigenvalue weighted by molar-refractivity contribution is 0.0697. The van der Waals surface area contributed by atoms with Crippen LogP contribution in [0, 0.1) is 0 Å². The van der Waals surface area contributed by atoms with Crippen LogP contribution < -0.4 is 19.5 Å². The summed E-state index contributed by atoms with van der Waals surface area (Å²) in [5, 5.41) is 29.6. The first kappa shape index (κ1) is 27.5. The fraction of sp³-hybridized carbons (Fsp3) is 0.286. The summed E-state index contributed by atoms with van der Waals surface area (Å²) < 4.78 is 16.3. The van der Waals surface area contributed by atoms with Gasteiger partial charge in [0.15, 0.2) is 11.5 Å². The molecular formula is C28H33N3O6. The first-order valence-corrected chi connectivity index (χ1v) is 11.9. The van der Waals surface area contributed by atoms with Crippen molar-refractivity contribution >= 4 is 16.9 Å². The Bertz CT molecular complexity index is 1250. The van der Waals surface area contributed by atoms with E-state index in [9.17, 15) is 9.90 Å². The maximum atomic E-state index is 10.2. The minimum atomic E-state index is -0.879. The van der Waals surface area contributed by atoms with E-state index in [-0.39, 0.29) is 6.61 Å². The van der Waals surface area contributed by atoms with Crippen LogP contribution in [0.25, 0.3) is 10.9 Å². The van der Waals surface area contributed by atoms with Gasteiger partial charge in [0, 0.05) is 6.54 Å². The van der Waals surface area contributed by atoms with Gasteiger partial charge in [-0.1, -0.05) is 30.3 Å². The summed E-state index contributed by atoms with van der Waals surface area (Å²) in [4.78, 5) is 10.2. The molecule has 0 saturated heterocycles. The van der Waals surface area contributed by atoms with Crippen LogP contribution in [0.5, 0.6) is 17.2 Å². The summed E-state index contributed by atoms with van der Waals surface area (Å²) in [7, 11) is 3.27. The van der Waals surface area contributed by atoms with Gasteiger partial charge in [-0.15, -0.1) is 0 Å². The van der Waals surface area contributed by atoms with Crippen molar-refractivity contribution in [3.63, 3.8) is 0 Å². The molecule has 9 heteroatoms. The molecule has 0 bridgehead atoms. The third-order valence-corrected chi connectivity index (χ3v) is 5.54.